The molecule has 20 nitrogen and oxygen atoms in total. The molecule has 0 saturated carbocycles. The summed E-state index contributed by atoms with van der Waals surface area (Å²) in [4.78, 5) is 46.3. The molecule has 0 spiro atoms. The lowest BCUT2D eigenvalue weighted by atomic mass is 10.1. The summed E-state index contributed by atoms with van der Waals surface area (Å²) in [6.45, 7) is -5.07. The number of imidazole rings is 2. The number of hydrogen-bond donors (Lipinski definition) is 4. The maximum atomic E-state index is 16.1. The van der Waals surface area contributed by atoms with Crippen LogP contribution in [0.2, 0.25) is 0 Å². The molecule has 0 aliphatic carbocycles. The van der Waals surface area contributed by atoms with E-state index >= 15 is 4.39 Å². The normalized spacial score (nSPS) is 37.1. The van der Waals surface area contributed by atoms with Gasteiger partial charge in [-0.25, -0.2) is 24.3 Å². The third kappa shape index (κ3) is 5.54. The van der Waals surface area contributed by atoms with Gasteiger partial charge < -0.3 is 48.7 Å². The molecule has 2 bridgehead atoms. The molecule has 4 aromatic rings. The Bertz CT molecular complexity index is 1970. The number of alkyl halides is 1. The minimum atomic E-state index is -4.19. The number of anilines is 2. The molecule has 7 rings (SSSR count). The van der Waals surface area contributed by atoms with Gasteiger partial charge in [-0.05, 0) is 11.8 Å². The zero-order valence-electron chi connectivity index (χ0n) is 22.9. The minimum absolute atomic E-state index is 0.0312. The van der Waals surface area contributed by atoms with Gasteiger partial charge in [0.05, 0.1) is 33.4 Å². The van der Waals surface area contributed by atoms with Crippen LogP contribution in [0.5, 0.6) is 0 Å². The number of ether oxygens (including phenoxy) is 3. The smallest absolute Gasteiger partial charge is 0.325 e. The number of aromatic nitrogens is 8. The average molecular weight is 703 g/mol. The largest absolute Gasteiger partial charge is 0.382 e. The second kappa shape index (κ2) is 11.6. The number of methoxy groups -OCH3 is 1. The molecule has 3 fully saturated rings. The molecule has 3 saturated heterocycles. The third-order valence-electron chi connectivity index (χ3n) is 7.42. The number of H-pyrrole nitrogens is 1. The van der Waals surface area contributed by atoms with Crippen molar-refractivity contribution < 1.29 is 46.2 Å². The Morgan fingerprint density at radius 2 is 1.74 bits per heavy atom. The number of hydrogen-bond acceptors (Lipinski definition) is 17. The SMILES string of the molecule is [BH3-][P@@]1(=O)OCC2OC(n3cnc4c(N)ncnc43)C(F)C2OP(O)(=S)OCC2OC(n3cnc4c(=O)[nH]c(N)nc43)C(O1)C2OC. The topological polar surface area (TPSA) is 261 Å². The summed E-state index contributed by atoms with van der Waals surface area (Å²) >= 11 is 5.26. The van der Waals surface area contributed by atoms with E-state index in [0.717, 1.165) is 0 Å². The standard InChI is InChI=1S/C21H27BFN10O10P2S/c1-37-13-8-3-39-45(36,46)43-12-7(40-19(9(12)23)32-5-28-10-15(24)26-4-27-16(10)32)2-38-44(22,35)42-14(13)20(41-8)33-6-29-11-17(33)30-21(25)31-18(11)34/h4-9,12-14,19-20H,2-3H2,1,22H3,(H,36,46)(H2,24,26,27)(H3,25,30,31,34)/q-1/t7?,8?,9?,12?,13?,14?,19?,20?,44-,45?/m1/s1. The molecule has 46 heavy (non-hydrogen) atoms. The maximum absolute atomic E-state index is 16.1. The fraction of sp³-hybridized carbons (Fsp3) is 0.524. The molecule has 0 radical (unpaired) electrons. The summed E-state index contributed by atoms with van der Waals surface area (Å²) in [5.41, 5.74) is 11.5. The van der Waals surface area contributed by atoms with Crippen molar-refractivity contribution in [2.24, 2.45) is 0 Å². The van der Waals surface area contributed by atoms with Gasteiger partial charge in [-0.3, -0.25) is 23.4 Å². The van der Waals surface area contributed by atoms with E-state index in [1.165, 1.54) is 35.2 Å². The monoisotopic (exact) mass is 703 g/mol. The number of nitrogens with two attached hydrogens (primary N) is 2. The number of aromatic amines is 1. The lowest BCUT2D eigenvalue weighted by molar-refractivity contribution is -0.0594. The van der Waals surface area contributed by atoms with Crippen LogP contribution in [0, 0.1) is 0 Å². The zero-order valence-corrected chi connectivity index (χ0v) is 25.5. The van der Waals surface area contributed by atoms with E-state index in [2.05, 4.69) is 29.9 Å². The van der Waals surface area contributed by atoms with Crippen molar-refractivity contribution in [3.05, 3.63) is 29.3 Å². The van der Waals surface area contributed by atoms with Gasteiger partial charge in [0, 0.05) is 7.11 Å². The highest BCUT2D eigenvalue weighted by Crippen LogP contribution is 2.54. The Hall–Kier alpha value is -2.95. The summed E-state index contributed by atoms with van der Waals surface area (Å²) in [6.07, 6.45) is -6.50. The van der Waals surface area contributed by atoms with Gasteiger partial charge in [0.25, 0.3) is 5.56 Å². The maximum Gasteiger partial charge on any atom is 0.325 e. The van der Waals surface area contributed by atoms with Crippen molar-refractivity contribution in [2.75, 3.05) is 31.8 Å². The van der Waals surface area contributed by atoms with E-state index in [1.807, 2.05) is 0 Å². The van der Waals surface area contributed by atoms with Gasteiger partial charge in [0.15, 0.2) is 41.3 Å². The first-order valence-electron chi connectivity index (χ1n) is 13.1. The van der Waals surface area contributed by atoms with E-state index in [4.69, 9.17) is 55.6 Å². The molecule has 0 amide bonds. The summed E-state index contributed by atoms with van der Waals surface area (Å²) in [5.74, 6) is -0.0908. The molecule has 9 unspecified atom stereocenters. The predicted molar refractivity (Wildman–Crippen MR) is 162 cm³/mol. The van der Waals surface area contributed by atoms with Crippen LogP contribution in [-0.4, -0.2) is 109 Å². The molecule has 3 aliphatic rings. The third-order valence-corrected chi connectivity index (χ3v) is 9.75. The van der Waals surface area contributed by atoms with Crippen LogP contribution in [0.25, 0.3) is 22.3 Å². The first-order chi connectivity index (χ1) is 21.9. The molecule has 3 aliphatic heterocycles. The van der Waals surface area contributed by atoms with Crippen LogP contribution in [0.4, 0.5) is 16.2 Å². The number of nitrogens with one attached hydrogen (secondary N) is 1. The van der Waals surface area contributed by atoms with Crippen molar-refractivity contribution >= 4 is 67.7 Å². The highest BCUT2D eigenvalue weighted by molar-refractivity contribution is 8.07. The molecule has 4 aromatic heterocycles. The van der Waals surface area contributed by atoms with Gasteiger partial charge in [0.1, 0.15) is 49.8 Å². The van der Waals surface area contributed by atoms with Gasteiger partial charge in [0.2, 0.25) is 5.95 Å². The summed E-state index contributed by atoms with van der Waals surface area (Å²) in [5, 5.41) is 0. The number of nitrogens with zero attached hydrogens (tertiary/aromatic N) is 7. The highest BCUT2D eigenvalue weighted by atomic mass is 32.5. The first kappa shape index (κ1) is 31.6. The zero-order chi connectivity index (χ0) is 32.5. The van der Waals surface area contributed by atoms with Crippen molar-refractivity contribution in [3.63, 3.8) is 0 Å². The van der Waals surface area contributed by atoms with E-state index in [1.54, 1.807) is 0 Å². The van der Waals surface area contributed by atoms with Crippen LogP contribution in [0.3, 0.4) is 0 Å². The fourth-order valence-corrected chi connectivity index (χ4v) is 7.63. The number of halogens is 1. The van der Waals surface area contributed by atoms with E-state index < -0.39 is 89.7 Å². The average Bonchev–Trinajstić information content (AvgIpc) is 3.75. The molecule has 10 atom stereocenters. The van der Waals surface area contributed by atoms with Gasteiger partial charge in [-0.2, -0.15) is 4.98 Å². The van der Waals surface area contributed by atoms with E-state index in [9.17, 15) is 14.3 Å². The summed E-state index contributed by atoms with van der Waals surface area (Å²) in [7, 11) is -3.63. The molecular formula is C21H27BFN10O10P2S-. The Labute approximate surface area is 263 Å². The molecule has 7 heterocycles. The van der Waals surface area contributed by atoms with Crippen LogP contribution in [-0.2, 0) is 48.7 Å². The van der Waals surface area contributed by atoms with Crippen molar-refractivity contribution in [1.29, 1.82) is 0 Å². The number of rotatable bonds is 3. The molecule has 6 N–H and O–H groups in total. The first-order valence-corrected chi connectivity index (χ1v) is 16.8. The summed E-state index contributed by atoms with van der Waals surface area (Å²) in [6, 6.07) is 0. The minimum Gasteiger partial charge on any atom is -0.382 e. The number of nitrogen functional groups attached to an aromatic ring is 2. The van der Waals surface area contributed by atoms with Crippen LogP contribution < -0.4 is 17.0 Å². The Kier molecular flexibility index (Phi) is 8.00. The fourth-order valence-electron chi connectivity index (χ4n) is 5.44. The quantitative estimate of drug-likeness (QED) is 0.144. The van der Waals surface area contributed by atoms with E-state index in [0.29, 0.717) is 0 Å². The van der Waals surface area contributed by atoms with Crippen molar-refractivity contribution in [2.45, 2.75) is 49.1 Å². The van der Waals surface area contributed by atoms with E-state index in [-0.39, 0.29) is 34.1 Å². The lowest BCUT2D eigenvalue weighted by Crippen LogP contribution is -2.37. The second-order valence-corrected chi connectivity index (χ2v) is 13.8. The van der Waals surface area contributed by atoms with Gasteiger partial charge in [-0.15, -0.1) is 0 Å². The Morgan fingerprint density at radius 3 is 2.50 bits per heavy atom. The van der Waals surface area contributed by atoms with Crippen LogP contribution in [0.15, 0.2) is 23.8 Å². The number of fused-ring (bicyclic) bond motifs is 5. The van der Waals surface area contributed by atoms with Gasteiger partial charge >= 0.3 is 6.72 Å². The Morgan fingerprint density at radius 1 is 1.04 bits per heavy atom. The van der Waals surface area contributed by atoms with Crippen molar-refractivity contribution in [3.8, 4) is 0 Å². The molecular weight excluding hydrogens is 676 g/mol. The molecule has 0 aromatic carbocycles. The lowest BCUT2D eigenvalue weighted by Gasteiger charge is -2.30. The van der Waals surface area contributed by atoms with Crippen LogP contribution in [0.1, 0.15) is 12.5 Å². The van der Waals surface area contributed by atoms with Gasteiger partial charge in [-0.1, -0.05) is 0 Å². The Balaban J connectivity index is 1.22. The summed E-state index contributed by atoms with van der Waals surface area (Å²) < 4.78 is 73.8. The molecule has 248 valence electrons. The van der Waals surface area contributed by atoms with Crippen molar-refractivity contribution in [1.82, 2.24) is 39.0 Å². The molecule has 25 heteroatoms. The second-order valence-electron chi connectivity index (χ2n) is 10.1. The van der Waals surface area contributed by atoms with Crippen LogP contribution >= 0.6 is 14.2 Å². The predicted octanol–water partition coefficient (Wildman–Crippen LogP) is -1.22. The highest BCUT2D eigenvalue weighted by Gasteiger charge is 2.53.